The number of urea groups is 1. The number of fused-ring (bicyclic) bond motifs is 1. The van der Waals surface area contributed by atoms with E-state index in [1.54, 1.807) is 0 Å². The van der Waals surface area contributed by atoms with Crippen LogP contribution in [0.5, 0.6) is 0 Å². The van der Waals surface area contributed by atoms with Crippen molar-refractivity contribution >= 4 is 40.2 Å². The summed E-state index contributed by atoms with van der Waals surface area (Å²) in [5.41, 5.74) is 8.96. The summed E-state index contributed by atoms with van der Waals surface area (Å²) >= 11 is 1.53. The maximum Gasteiger partial charge on any atom is 0.332 e. The van der Waals surface area contributed by atoms with Gasteiger partial charge in [-0.25, -0.2) is 10.2 Å². The minimum atomic E-state index is -0.715. The van der Waals surface area contributed by atoms with Gasteiger partial charge in [0.25, 0.3) is 0 Å². The Kier molecular flexibility index (Phi) is 6.62. The quantitative estimate of drug-likeness (QED) is 0.349. The first-order valence-electron chi connectivity index (χ1n) is 7.36. The topological polar surface area (TPSA) is 93.8 Å². The average Bonchev–Trinajstić information content (AvgIpc) is 2.60. The number of nitrogens with one attached hydrogen (secondary N) is 1. The largest absolute Gasteiger partial charge is 0.469 e. The number of hydrogen-bond acceptors (Lipinski definition) is 5. The highest BCUT2D eigenvalue weighted by atomic mass is 32.2. The number of carbonyl (C=O) groups is 2. The van der Waals surface area contributed by atoms with Gasteiger partial charge in [-0.2, -0.15) is 16.9 Å². The number of nitrogens with two attached hydrogens (primary N) is 1. The van der Waals surface area contributed by atoms with Gasteiger partial charge in [0, 0.05) is 11.5 Å². The van der Waals surface area contributed by atoms with Crippen LogP contribution in [0.3, 0.4) is 0 Å². The normalized spacial score (nSPS) is 11.3. The maximum atomic E-state index is 11.1. The van der Waals surface area contributed by atoms with Gasteiger partial charge in [-0.1, -0.05) is 36.4 Å². The van der Waals surface area contributed by atoms with Crippen molar-refractivity contribution in [3.63, 3.8) is 0 Å². The Labute approximate surface area is 144 Å². The van der Waals surface area contributed by atoms with Gasteiger partial charge in [-0.3, -0.25) is 4.79 Å². The fraction of sp³-hybridized carbons (Fsp3) is 0.235. The van der Waals surface area contributed by atoms with Crippen LogP contribution in [0.25, 0.3) is 10.8 Å². The van der Waals surface area contributed by atoms with Crippen LogP contribution >= 0.6 is 11.8 Å². The molecule has 7 heteroatoms. The second-order valence-electron chi connectivity index (χ2n) is 4.98. The highest BCUT2D eigenvalue weighted by Gasteiger charge is 2.08. The van der Waals surface area contributed by atoms with E-state index in [0.29, 0.717) is 23.6 Å². The zero-order valence-electron chi connectivity index (χ0n) is 13.3. The van der Waals surface area contributed by atoms with Crippen molar-refractivity contribution in [3.05, 3.63) is 48.0 Å². The molecule has 126 valence electrons. The van der Waals surface area contributed by atoms with Crippen molar-refractivity contribution in [3.8, 4) is 0 Å². The summed E-state index contributed by atoms with van der Waals surface area (Å²) in [4.78, 5) is 22.1. The Morgan fingerprint density at radius 2 is 1.96 bits per heavy atom. The molecule has 2 amide bonds. The fourth-order valence-corrected chi connectivity index (χ4v) is 2.98. The van der Waals surface area contributed by atoms with Crippen LogP contribution in [0, 0.1) is 0 Å². The molecule has 2 rings (SSSR count). The minimum Gasteiger partial charge on any atom is -0.469 e. The van der Waals surface area contributed by atoms with Gasteiger partial charge in [0.05, 0.1) is 19.2 Å². The van der Waals surface area contributed by atoms with Crippen LogP contribution < -0.4 is 11.2 Å². The summed E-state index contributed by atoms with van der Waals surface area (Å²) in [7, 11) is 1.37. The zero-order valence-corrected chi connectivity index (χ0v) is 14.1. The van der Waals surface area contributed by atoms with E-state index < -0.39 is 6.03 Å². The number of nitrogens with zero attached hydrogens (tertiary/aromatic N) is 1. The van der Waals surface area contributed by atoms with Crippen molar-refractivity contribution in [1.82, 2.24) is 5.43 Å². The molecule has 24 heavy (non-hydrogen) atoms. The van der Waals surface area contributed by atoms with E-state index in [2.05, 4.69) is 15.3 Å². The number of amides is 2. The summed E-state index contributed by atoms with van der Waals surface area (Å²) in [5, 5.41) is 6.30. The summed E-state index contributed by atoms with van der Waals surface area (Å²) in [6, 6.07) is 13.2. The molecule has 0 unspecified atom stereocenters. The van der Waals surface area contributed by atoms with Gasteiger partial charge in [-0.05, 0) is 22.4 Å². The third-order valence-corrected chi connectivity index (χ3v) is 4.27. The van der Waals surface area contributed by atoms with Crippen molar-refractivity contribution in [2.45, 2.75) is 6.42 Å². The molecule has 6 nitrogen and oxygen atoms in total. The number of esters is 1. The Morgan fingerprint density at radius 1 is 1.21 bits per heavy atom. The summed E-state index contributed by atoms with van der Waals surface area (Å²) in [6.07, 6.45) is 0.329. The molecule has 0 saturated heterocycles. The Morgan fingerprint density at radius 3 is 2.67 bits per heavy atom. The van der Waals surface area contributed by atoms with E-state index in [1.165, 1.54) is 18.9 Å². The number of methoxy groups -OCH3 is 1. The monoisotopic (exact) mass is 345 g/mol. The number of ether oxygens (including phenoxy) is 1. The molecule has 0 spiro atoms. The highest BCUT2D eigenvalue weighted by Crippen LogP contribution is 2.18. The van der Waals surface area contributed by atoms with Crippen LogP contribution in [0.4, 0.5) is 4.79 Å². The summed E-state index contributed by atoms with van der Waals surface area (Å²) < 4.78 is 4.61. The first kappa shape index (κ1) is 17.8. The van der Waals surface area contributed by atoms with Gasteiger partial charge in [0.2, 0.25) is 0 Å². The van der Waals surface area contributed by atoms with Crippen LogP contribution in [0.1, 0.15) is 12.0 Å². The molecule has 2 aromatic carbocycles. The highest BCUT2D eigenvalue weighted by molar-refractivity contribution is 8.00. The van der Waals surface area contributed by atoms with Gasteiger partial charge >= 0.3 is 12.0 Å². The average molecular weight is 345 g/mol. The first-order valence-corrected chi connectivity index (χ1v) is 8.51. The molecule has 0 fully saturated rings. The van der Waals surface area contributed by atoms with E-state index in [-0.39, 0.29) is 5.97 Å². The number of hydrazone groups is 1. The number of primary amides is 1. The number of benzene rings is 2. The predicted octanol–water partition coefficient (Wildman–Crippen LogP) is 2.51. The van der Waals surface area contributed by atoms with Gasteiger partial charge in [0.1, 0.15) is 0 Å². The van der Waals surface area contributed by atoms with E-state index in [1.807, 2.05) is 42.5 Å². The second kappa shape index (κ2) is 8.93. The van der Waals surface area contributed by atoms with Crippen LogP contribution in [0.2, 0.25) is 0 Å². The van der Waals surface area contributed by atoms with Gasteiger partial charge in [-0.15, -0.1) is 0 Å². The molecule has 3 N–H and O–H groups in total. The van der Waals surface area contributed by atoms with Crippen molar-refractivity contribution < 1.29 is 14.3 Å². The molecule has 0 saturated carbocycles. The smallest absolute Gasteiger partial charge is 0.332 e. The zero-order chi connectivity index (χ0) is 17.4. The molecule has 0 bridgehead atoms. The third kappa shape index (κ3) is 5.27. The van der Waals surface area contributed by atoms with E-state index in [0.717, 1.165) is 16.3 Å². The predicted molar refractivity (Wildman–Crippen MR) is 97.2 cm³/mol. The van der Waals surface area contributed by atoms with Crippen LogP contribution in [-0.4, -0.2) is 36.3 Å². The van der Waals surface area contributed by atoms with Gasteiger partial charge in [0.15, 0.2) is 0 Å². The minimum absolute atomic E-state index is 0.248. The molecule has 0 heterocycles. The van der Waals surface area contributed by atoms with Crippen molar-refractivity contribution in [2.24, 2.45) is 10.8 Å². The molecule has 0 radical (unpaired) electrons. The Balaban J connectivity index is 2.13. The number of rotatable bonds is 7. The lowest BCUT2D eigenvalue weighted by atomic mass is 10.0. The third-order valence-electron chi connectivity index (χ3n) is 3.30. The van der Waals surface area contributed by atoms with Crippen LogP contribution in [-0.2, 0) is 9.53 Å². The second-order valence-corrected chi connectivity index (χ2v) is 6.08. The Bertz CT molecular complexity index is 762. The summed E-state index contributed by atoms with van der Waals surface area (Å²) in [6.45, 7) is 0. The lowest BCUT2D eigenvalue weighted by Gasteiger charge is -2.08. The molecule has 0 aromatic heterocycles. The van der Waals surface area contributed by atoms with Crippen molar-refractivity contribution in [1.29, 1.82) is 0 Å². The molecule has 0 aliphatic heterocycles. The lowest BCUT2D eigenvalue weighted by Crippen LogP contribution is -2.26. The number of hydrogen-bond donors (Lipinski definition) is 2. The number of thioether (sulfide) groups is 1. The molecule has 0 aliphatic carbocycles. The molecule has 0 atom stereocenters. The van der Waals surface area contributed by atoms with Crippen molar-refractivity contribution in [2.75, 3.05) is 18.6 Å². The SMILES string of the molecule is COC(=O)CCSC/C(=N/NC(N)=O)c1ccc2ccccc2c1. The molecule has 2 aromatic rings. The molecular formula is C17H19N3O3S. The van der Waals surface area contributed by atoms with Gasteiger partial charge < -0.3 is 10.5 Å². The molecular weight excluding hydrogens is 326 g/mol. The maximum absolute atomic E-state index is 11.1. The number of carbonyl (C=O) groups excluding carboxylic acids is 2. The van der Waals surface area contributed by atoms with Crippen LogP contribution in [0.15, 0.2) is 47.6 Å². The first-order chi connectivity index (χ1) is 11.6. The lowest BCUT2D eigenvalue weighted by molar-refractivity contribution is -0.140. The summed E-state index contributed by atoms with van der Waals surface area (Å²) in [5.74, 6) is 0.896. The standard InChI is InChI=1S/C17H19N3O3S/c1-23-16(21)8-9-24-11-15(19-20-17(18)22)14-7-6-12-4-2-3-5-13(12)10-14/h2-7,10H,8-9,11H2,1H3,(H3,18,20,22)/b19-15-. The van der Waals surface area contributed by atoms with E-state index in [4.69, 9.17) is 5.73 Å². The van der Waals surface area contributed by atoms with E-state index in [9.17, 15) is 9.59 Å². The Hall–Kier alpha value is -2.54. The van der Waals surface area contributed by atoms with E-state index >= 15 is 0 Å². The molecule has 0 aliphatic rings. The fourth-order valence-electron chi connectivity index (χ4n) is 2.10.